The summed E-state index contributed by atoms with van der Waals surface area (Å²) in [5.41, 5.74) is 18.1. The first-order valence-corrected chi connectivity index (χ1v) is 19.9. The lowest BCUT2D eigenvalue weighted by Crippen LogP contribution is -2.17. The molecule has 9 aromatic rings. The van der Waals surface area contributed by atoms with Gasteiger partial charge in [-0.25, -0.2) is 0 Å². The summed E-state index contributed by atoms with van der Waals surface area (Å²) in [7, 11) is 0. The van der Waals surface area contributed by atoms with Crippen molar-refractivity contribution in [1.82, 2.24) is 0 Å². The van der Waals surface area contributed by atoms with Crippen LogP contribution in [0.2, 0.25) is 0 Å². The topological polar surface area (TPSA) is 3.24 Å². The molecule has 0 amide bonds. The van der Waals surface area contributed by atoms with Gasteiger partial charge in [-0.1, -0.05) is 136 Å². The number of hydrogen-bond donors (Lipinski definition) is 0. The van der Waals surface area contributed by atoms with Gasteiger partial charge in [-0.05, 0) is 162 Å². The average Bonchev–Trinajstić information content (AvgIpc) is 3.58. The lowest BCUT2D eigenvalue weighted by molar-refractivity contribution is 0.652. The van der Waals surface area contributed by atoms with Crippen LogP contribution in [0.4, 0.5) is 17.1 Å². The van der Waals surface area contributed by atoms with Gasteiger partial charge in [0.2, 0.25) is 0 Å². The van der Waals surface area contributed by atoms with Crippen molar-refractivity contribution in [2.24, 2.45) is 0 Å². The quantitative estimate of drug-likeness (QED) is 0.164. The number of aryl methyl sites for hydroxylation is 1. The maximum atomic E-state index is 2.55. The van der Waals surface area contributed by atoms with Gasteiger partial charge in [-0.3, -0.25) is 0 Å². The maximum absolute atomic E-state index is 2.55. The summed E-state index contributed by atoms with van der Waals surface area (Å²) in [6.45, 7) is 11.8. The number of fused-ring (bicyclic) bond motifs is 10. The lowest BCUT2D eigenvalue weighted by atomic mass is 9.79. The van der Waals surface area contributed by atoms with Crippen LogP contribution in [0, 0.1) is 6.92 Å². The van der Waals surface area contributed by atoms with E-state index in [9.17, 15) is 0 Å². The second kappa shape index (κ2) is 11.8. The molecule has 9 aromatic carbocycles. The van der Waals surface area contributed by atoms with E-state index in [1.807, 2.05) is 0 Å². The Bertz CT molecular complexity index is 3070. The number of hydrogen-bond acceptors (Lipinski definition) is 1. The van der Waals surface area contributed by atoms with E-state index < -0.39 is 0 Å². The van der Waals surface area contributed by atoms with Crippen LogP contribution in [0.15, 0.2) is 170 Å². The number of anilines is 3. The summed E-state index contributed by atoms with van der Waals surface area (Å²) >= 11 is 0. The van der Waals surface area contributed by atoms with Crippen molar-refractivity contribution in [2.75, 3.05) is 4.90 Å². The Balaban J connectivity index is 1.07. The zero-order chi connectivity index (χ0) is 37.9. The second-order valence-electron chi connectivity index (χ2n) is 17.1. The zero-order valence-corrected chi connectivity index (χ0v) is 32.6. The molecule has 0 unspecified atom stereocenters. The molecule has 0 bridgehead atoms. The molecule has 0 heterocycles. The summed E-state index contributed by atoms with van der Waals surface area (Å²) in [6.07, 6.45) is 0. The zero-order valence-electron chi connectivity index (χ0n) is 32.6. The Morgan fingerprint density at radius 2 is 0.893 bits per heavy atom. The number of nitrogens with zero attached hydrogens (tertiary/aromatic N) is 1. The molecule has 0 saturated carbocycles. The molecule has 0 N–H and O–H groups in total. The van der Waals surface area contributed by atoms with Gasteiger partial charge < -0.3 is 4.90 Å². The van der Waals surface area contributed by atoms with Crippen LogP contribution in [0.25, 0.3) is 65.7 Å². The van der Waals surface area contributed by atoms with E-state index in [1.54, 1.807) is 0 Å². The van der Waals surface area contributed by atoms with Gasteiger partial charge in [0.15, 0.2) is 0 Å². The Kier molecular flexibility index (Phi) is 6.93. The third-order valence-electron chi connectivity index (χ3n) is 13.0. The van der Waals surface area contributed by atoms with Crippen LogP contribution in [0.1, 0.15) is 55.5 Å². The predicted molar refractivity (Wildman–Crippen MR) is 239 cm³/mol. The van der Waals surface area contributed by atoms with Gasteiger partial charge in [0, 0.05) is 27.9 Å². The van der Waals surface area contributed by atoms with E-state index in [4.69, 9.17) is 0 Å². The average molecular weight is 718 g/mol. The van der Waals surface area contributed by atoms with Crippen molar-refractivity contribution in [3.8, 4) is 33.4 Å². The van der Waals surface area contributed by atoms with Crippen molar-refractivity contribution in [3.63, 3.8) is 0 Å². The highest BCUT2D eigenvalue weighted by Gasteiger charge is 2.43. The highest BCUT2D eigenvalue weighted by Crippen LogP contribution is 2.58. The molecule has 0 atom stereocenters. The molecule has 268 valence electrons. The van der Waals surface area contributed by atoms with Gasteiger partial charge in [-0.15, -0.1) is 0 Å². The first kappa shape index (κ1) is 32.9. The Labute approximate surface area is 329 Å². The minimum absolute atomic E-state index is 0.149. The fourth-order valence-electron chi connectivity index (χ4n) is 10.00. The van der Waals surface area contributed by atoms with E-state index in [1.165, 1.54) is 99.2 Å². The third kappa shape index (κ3) is 4.74. The molecule has 0 saturated heterocycles. The van der Waals surface area contributed by atoms with Crippen molar-refractivity contribution >= 4 is 49.4 Å². The number of rotatable bonds is 4. The van der Waals surface area contributed by atoms with E-state index in [-0.39, 0.29) is 10.8 Å². The molecule has 2 aliphatic carbocycles. The Morgan fingerprint density at radius 1 is 0.357 bits per heavy atom. The standard InChI is InChI=1S/C55H43N/c1-34-19-22-40(23-20-34)56(41-24-21-38-27-36-15-9-10-16-37(36)28-39(38)29-41)42-25-26-44-47-32-51-48(33-50(47)54(2,3)49(44)30-42)53-45-18-12-11-17-43(45)46(31-52(53)55(51,4)5)35-13-7-6-8-14-35/h6-33H,1-5H3. The molecule has 1 heteroatoms. The van der Waals surface area contributed by atoms with Crippen molar-refractivity contribution in [1.29, 1.82) is 0 Å². The monoisotopic (exact) mass is 717 g/mol. The summed E-state index contributed by atoms with van der Waals surface area (Å²) < 4.78 is 0. The highest BCUT2D eigenvalue weighted by atomic mass is 15.1. The highest BCUT2D eigenvalue weighted by molar-refractivity contribution is 6.10. The first-order chi connectivity index (χ1) is 27.2. The minimum atomic E-state index is -0.191. The summed E-state index contributed by atoms with van der Waals surface area (Å²) in [5.74, 6) is 0. The minimum Gasteiger partial charge on any atom is -0.310 e. The largest absolute Gasteiger partial charge is 0.310 e. The van der Waals surface area contributed by atoms with Crippen molar-refractivity contribution in [3.05, 3.63) is 198 Å². The molecule has 0 spiro atoms. The predicted octanol–water partition coefficient (Wildman–Crippen LogP) is 15.2. The number of benzene rings is 9. The van der Waals surface area contributed by atoms with Gasteiger partial charge in [0.1, 0.15) is 0 Å². The van der Waals surface area contributed by atoms with Crippen LogP contribution < -0.4 is 4.90 Å². The van der Waals surface area contributed by atoms with Crippen LogP contribution >= 0.6 is 0 Å². The maximum Gasteiger partial charge on any atom is 0.0468 e. The first-order valence-electron chi connectivity index (χ1n) is 19.9. The van der Waals surface area contributed by atoms with Crippen LogP contribution in [-0.2, 0) is 10.8 Å². The lowest BCUT2D eigenvalue weighted by Gasteiger charge is -2.28. The van der Waals surface area contributed by atoms with Crippen LogP contribution in [0.5, 0.6) is 0 Å². The summed E-state index contributed by atoms with van der Waals surface area (Å²) in [6, 6.07) is 63.8. The fraction of sp³-hybridized carbons (Fsp3) is 0.127. The van der Waals surface area contributed by atoms with Gasteiger partial charge in [0.05, 0.1) is 0 Å². The molecule has 0 radical (unpaired) electrons. The molecule has 0 fully saturated rings. The molecular formula is C55H43N. The normalized spacial score (nSPS) is 14.4. The summed E-state index contributed by atoms with van der Waals surface area (Å²) in [4.78, 5) is 2.43. The third-order valence-corrected chi connectivity index (χ3v) is 13.0. The van der Waals surface area contributed by atoms with Crippen molar-refractivity contribution < 1.29 is 0 Å². The Morgan fingerprint density at radius 3 is 1.66 bits per heavy atom. The van der Waals surface area contributed by atoms with Crippen molar-refractivity contribution in [2.45, 2.75) is 45.4 Å². The smallest absolute Gasteiger partial charge is 0.0468 e. The molecular weight excluding hydrogens is 675 g/mol. The second-order valence-corrected chi connectivity index (χ2v) is 17.1. The molecule has 2 aliphatic rings. The SMILES string of the molecule is Cc1ccc(N(c2ccc3c(c2)C(C)(C)c2cc4c(cc2-3)C(C)(C)c2cc(-c3ccccc3)c3ccccc3c2-4)c2ccc3cc4ccccc4cc3c2)cc1. The van der Waals surface area contributed by atoms with E-state index in [0.29, 0.717) is 0 Å². The van der Waals surface area contributed by atoms with E-state index in [2.05, 4.69) is 209 Å². The van der Waals surface area contributed by atoms with Gasteiger partial charge in [-0.2, -0.15) is 0 Å². The molecule has 56 heavy (non-hydrogen) atoms. The van der Waals surface area contributed by atoms with Crippen LogP contribution in [-0.4, -0.2) is 0 Å². The van der Waals surface area contributed by atoms with Gasteiger partial charge >= 0.3 is 0 Å². The van der Waals surface area contributed by atoms with E-state index >= 15 is 0 Å². The van der Waals surface area contributed by atoms with E-state index in [0.717, 1.165) is 11.4 Å². The Hall–Kier alpha value is -6.44. The molecule has 0 aromatic heterocycles. The van der Waals surface area contributed by atoms with Crippen LogP contribution in [0.3, 0.4) is 0 Å². The molecule has 1 nitrogen and oxygen atoms in total. The summed E-state index contributed by atoms with van der Waals surface area (Å²) in [5, 5.41) is 7.68. The fourth-order valence-corrected chi connectivity index (χ4v) is 10.00. The van der Waals surface area contributed by atoms with Gasteiger partial charge in [0.25, 0.3) is 0 Å². The molecule has 11 rings (SSSR count). The molecule has 0 aliphatic heterocycles.